The largest absolute Gasteiger partial charge is 0.481 e. The molecule has 0 fully saturated rings. The molecule has 148 valence electrons. The second-order valence-electron chi connectivity index (χ2n) is 6.55. The summed E-state index contributed by atoms with van der Waals surface area (Å²) in [7, 11) is 0. The van der Waals surface area contributed by atoms with Gasteiger partial charge in [-0.1, -0.05) is 24.3 Å². The molecular formula is C23H23N3O2S. The summed E-state index contributed by atoms with van der Waals surface area (Å²) in [6, 6.07) is 11.4. The van der Waals surface area contributed by atoms with Gasteiger partial charge in [-0.3, -0.25) is 4.79 Å². The Morgan fingerprint density at radius 1 is 1.21 bits per heavy atom. The molecule has 0 spiro atoms. The first kappa shape index (κ1) is 20.5. The Hall–Kier alpha value is -3.25. The molecule has 0 radical (unpaired) electrons. The number of allylic oxidation sites excluding steroid dienone is 2. The number of carbonyl (C=O) groups is 1. The summed E-state index contributed by atoms with van der Waals surface area (Å²) in [5.74, 6) is 0.573. The van der Waals surface area contributed by atoms with Crippen molar-refractivity contribution in [3.63, 3.8) is 0 Å². The van der Waals surface area contributed by atoms with Gasteiger partial charge in [0.25, 0.3) is 0 Å². The van der Waals surface area contributed by atoms with Crippen molar-refractivity contribution in [3.05, 3.63) is 76.8 Å². The third-order valence-corrected chi connectivity index (χ3v) is 5.36. The highest BCUT2D eigenvalue weighted by Crippen LogP contribution is 2.30. The van der Waals surface area contributed by atoms with Gasteiger partial charge in [-0.15, -0.1) is 17.9 Å². The molecule has 0 amide bonds. The topological polar surface area (TPSA) is 75.1 Å². The van der Waals surface area contributed by atoms with Gasteiger partial charge in [0.1, 0.15) is 5.82 Å². The molecule has 0 bridgehead atoms. The highest BCUT2D eigenvalue weighted by molar-refractivity contribution is 7.16. The predicted molar refractivity (Wildman–Crippen MR) is 120 cm³/mol. The summed E-state index contributed by atoms with van der Waals surface area (Å²) in [6.07, 6.45) is 6.56. The van der Waals surface area contributed by atoms with Gasteiger partial charge in [-0.2, -0.15) is 0 Å². The van der Waals surface area contributed by atoms with E-state index in [1.165, 1.54) is 0 Å². The molecule has 0 aliphatic carbocycles. The van der Waals surface area contributed by atoms with Crippen molar-refractivity contribution in [2.24, 2.45) is 0 Å². The Kier molecular flexibility index (Phi) is 6.57. The van der Waals surface area contributed by atoms with E-state index in [0.717, 1.165) is 38.1 Å². The summed E-state index contributed by atoms with van der Waals surface area (Å²) in [6.45, 7) is 7.82. The fourth-order valence-corrected chi connectivity index (χ4v) is 3.86. The average molecular weight is 406 g/mol. The second-order valence-corrected chi connectivity index (χ2v) is 7.66. The number of hydrogen-bond acceptors (Lipinski definition) is 5. The minimum Gasteiger partial charge on any atom is -0.481 e. The lowest BCUT2D eigenvalue weighted by atomic mass is 10.1. The van der Waals surface area contributed by atoms with Crippen LogP contribution in [-0.4, -0.2) is 21.0 Å². The van der Waals surface area contributed by atoms with E-state index >= 15 is 0 Å². The van der Waals surface area contributed by atoms with Crippen LogP contribution in [0.5, 0.6) is 0 Å². The maximum Gasteiger partial charge on any atom is 0.307 e. The molecule has 0 aliphatic heterocycles. The van der Waals surface area contributed by atoms with Gasteiger partial charge in [-0.05, 0) is 56.2 Å². The zero-order chi connectivity index (χ0) is 20.8. The van der Waals surface area contributed by atoms with Gasteiger partial charge < -0.3 is 10.4 Å². The molecule has 2 aromatic heterocycles. The number of aryl methyl sites for hydroxylation is 1. The van der Waals surface area contributed by atoms with Crippen LogP contribution in [-0.2, 0) is 17.6 Å². The number of carboxylic acids is 1. The Bertz CT molecular complexity index is 1050. The van der Waals surface area contributed by atoms with Gasteiger partial charge in [0.15, 0.2) is 5.82 Å². The molecule has 3 rings (SSSR count). The highest BCUT2D eigenvalue weighted by atomic mass is 32.1. The number of rotatable bonds is 8. The van der Waals surface area contributed by atoms with Crippen LogP contribution in [0.15, 0.2) is 55.1 Å². The quantitative estimate of drug-likeness (QED) is 0.474. The predicted octanol–water partition coefficient (Wildman–Crippen LogP) is 5.65. The van der Waals surface area contributed by atoms with Crippen LogP contribution in [0.1, 0.15) is 28.6 Å². The first-order valence-corrected chi connectivity index (χ1v) is 10.1. The maximum atomic E-state index is 10.9. The van der Waals surface area contributed by atoms with Crippen molar-refractivity contribution >= 4 is 34.9 Å². The van der Waals surface area contributed by atoms with Gasteiger partial charge in [0.2, 0.25) is 0 Å². The summed E-state index contributed by atoms with van der Waals surface area (Å²) in [5.41, 5.74) is 3.49. The first-order valence-electron chi connectivity index (χ1n) is 9.29. The van der Waals surface area contributed by atoms with Crippen LogP contribution >= 0.6 is 11.3 Å². The lowest BCUT2D eigenvalue weighted by molar-refractivity contribution is -0.136. The molecule has 3 aromatic rings. The molecule has 0 unspecified atom stereocenters. The van der Waals surface area contributed by atoms with Gasteiger partial charge in [0.05, 0.1) is 11.3 Å². The molecule has 5 nitrogen and oxygen atoms in total. The van der Waals surface area contributed by atoms with Gasteiger partial charge in [-0.25, -0.2) is 9.97 Å². The van der Waals surface area contributed by atoms with E-state index in [2.05, 4.69) is 24.0 Å². The van der Waals surface area contributed by atoms with E-state index in [0.29, 0.717) is 12.2 Å². The number of nitrogens with zero attached hydrogens (tertiary/aromatic N) is 2. The van der Waals surface area contributed by atoms with Gasteiger partial charge >= 0.3 is 5.97 Å². The smallest absolute Gasteiger partial charge is 0.307 e. The van der Waals surface area contributed by atoms with Crippen LogP contribution in [0, 0.1) is 6.92 Å². The normalized spacial score (nSPS) is 11.0. The van der Waals surface area contributed by atoms with E-state index in [-0.39, 0.29) is 6.42 Å². The number of carboxylic acid groups (broad SMARTS) is 1. The van der Waals surface area contributed by atoms with E-state index in [1.54, 1.807) is 23.5 Å². The number of anilines is 2. The van der Waals surface area contributed by atoms with E-state index in [1.807, 2.05) is 44.2 Å². The fraction of sp³-hybridized carbons (Fsp3) is 0.174. The molecule has 0 atom stereocenters. The summed E-state index contributed by atoms with van der Waals surface area (Å²) in [5, 5.41) is 12.3. The number of thiophene rings is 1. The minimum absolute atomic E-state index is 0.00563. The number of hydrogen-bond donors (Lipinski definition) is 2. The minimum atomic E-state index is -0.844. The molecule has 0 saturated heterocycles. The van der Waals surface area contributed by atoms with Crippen molar-refractivity contribution in [1.82, 2.24) is 9.97 Å². The zero-order valence-corrected chi connectivity index (χ0v) is 17.3. The Labute approximate surface area is 174 Å². The van der Waals surface area contributed by atoms with Crippen molar-refractivity contribution in [2.75, 3.05) is 5.32 Å². The van der Waals surface area contributed by atoms with Crippen LogP contribution in [0.2, 0.25) is 0 Å². The van der Waals surface area contributed by atoms with Crippen molar-refractivity contribution in [2.45, 2.75) is 26.7 Å². The Balaban J connectivity index is 1.95. The monoisotopic (exact) mass is 405 g/mol. The summed E-state index contributed by atoms with van der Waals surface area (Å²) >= 11 is 1.65. The van der Waals surface area contributed by atoms with E-state index in [4.69, 9.17) is 15.1 Å². The standard InChI is InChI=1S/C23H23N3O2S/c1-4-6-18-12-13-20(29-18)23-24-15(3)19(7-5-2)22(26-23)25-17-10-8-16(9-11-17)14-21(27)28/h4-6,8-13H,2,7,14H2,1,3H3,(H,27,28)(H,24,25,26). The lowest BCUT2D eigenvalue weighted by Crippen LogP contribution is -2.05. The lowest BCUT2D eigenvalue weighted by Gasteiger charge is -2.14. The summed E-state index contributed by atoms with van der Waals surface area (Å²) < 4.78 is 0. The third-order valence-electron chi connectivity index (χ3n) is 4.31. The van der Waals surface area contributed by atoms with Crippen LogP contribution in [0.25, 0.3) is 16.8 Å². The number of benzene rings is 1. The molecule has 1 aromatic carbocycles. The Morgan fingerprint density at radius 2 is 1.97 bits per heavy atom. The zero-order valence-electron chi connectivity index (χ0n) is 16.5. The van der Waals surface area contributed by atoms with Crippen molar-refractivity contribution < 1.29 is 9.90 Å². The van der Waals surface area contributed by atoms with Crippen LogP contribution in [0.3, 0.4) is 0 Å². The number of aliphatic carboxylic acids is 1. The SMILES string of the molecule is C=CCc1c(C)nc(-c2ccc(C=CC)s2)nc1Nc1ccc(CC(=O)O)cc1. The first-order chi connectivity index (χ1) is 14.0. The van der Waals surface area contributed by atoms with Crippen molar-refractivity contribution in [3.8, 4) is 10.7 Å². The highest BCUT2D eigenvalue weighted by Gasteiger charge is 2.14. The molecule has 29 heavy (non-hydrogen) atoms. The number of nitrogens with one attached hydrogen (secondary N) is 1. The van der Waals surface area contributed by atoms with E-state index in [9.17, 15) is 4.79 Å². The number of aromatic nitrogens is 2. The van der Waals surface area contributed by atoms with Crippen LogP contribution < -0.4 is 5.32 Å². The molecule has 0 aliphatic rings. The van der Waals surface area contributed by atoms with Crippen molar-refractivity contribution in [1.29, 1.82) is 0 Å². The maximum absolute atomic E-state index is 10.9. The molecule has 6 heteroatoms. The average Bonchev–Trinajstić information content (AvgIpc) is 3.14. The van der Waals surface area contributed by atoms with Gasteiger partial charge in [0, 0.05) is 21.8 Å². The molecule has 2 heterocycles. The summed E-state index contributed by atoms with van der Waals surface area (Å²) in [4.78, 5) is 22.5. The fourth-order valence-electron chi connectivity index (χ4n) is 2.94. The third kappa shape index (κ3) is 5.18. The molecule has 0 saturated carbocycles. The molecular weight excluding hydrogens is 382 g/mol. The second kappa shape index (κ2) is 9.30. The Morgan fingerprint density at radius 3 is 2.62 bits per heavy atom. The molecule has 2 N–H and O–H groups in total. The van der Waals surface area contributed by atoms with E-state index < -0.39 is 5.97 Å². The van der Waals surface area contributed by atoms with Crippen LogP contribution in [0.4, 0.5) is 11.5 Å².